The van der Waals surface area contributed by atoms with Crippen LogP contribution in [0.25, 0.3) is 0 Å². The van der Waals surface area contributed by atoms with Crippen molar-refractivity contribution in [3.8, 4) is 5.75 Å². The van der Waals surface area contributed by atoms with Gasteiger partial charge >= 0.3 is 0 Å². The molecule has 2 fully saturated rings. The normalized spacial score (nSPS) is 29.7. The molecule has 9 nitrogen and oxygen atoms in total. The first-order valence-corrected chi connectivity index (χ1v) is 12.5. The molecular weight excluding hydrogens is 448 g/mol. The molecule has 3 amide bonds. The van der Waals surface area contributed by atoms with Gasteiger partial charge < -0.3 is 30.3 Å². The molecule has 35 heavy (non-hydrogen) atoms. The lowest BCUT2D eigenvalue weighted by molar-refractivity contribution is -0.150. The van der Waals surface area contributed by atoms with E-state index in [-0.39, 0.29) is 23.8 Å². The first-order chi connectivity index (χ1) is 16.9. The predicted molar refractivity (Wildman–Crippen MR) is 128 cm³/mol. The minimum atomic E-state index is -0.730. The topological polar surface area (TPSA) is 109 Å². The van der Waals surface area contributed by atoms with Gasteiger partial charge in [-0.3, -0.25) is 14.4 Å². The van der Waals surface area contributed by atoms with Crippen molar-refractivity contribution in [3.63, 3.8) is 0 Å². The minimum Gasteiger partial charge on any atom is -0.493 e. The second-order valence-corrected chi connectivity index (χ2v) is 10.0. The highest BCUT2D eigenvalue weighted by atomic mass is 16.5. The lowest BCUT2D eigenvalue weighted by atomic mass is 9.77. The smallest absolute Gasteiger partial charge is 0.247 e. The molecule has 0 saturated carbocycles. The summed E-state index contributed by atoms with van der Waals surface area (Å²) >= 11 is 0. The summed E-state index contributed by atoms with van der Waals surface area (Å²) in [5.41, 5.74) is 0.545. The Bertz CT molecular complexity index is 1020. The summed E-state index contributed by atoms with van der Waals surface area (Å²) in [6, 6.07) is 5.71. The minimum absolute atomic E-state index is 0.176. The van der Waals surface area contributed by atoms with Crippen molar-refractivity contribution in [1.82, 2.24) is 20.9 Å². The summed E-state index contributed by atoms with van der Waals surface area (Å²) in [6.07, 6.45) is 6.77. The SMILES string of the molecule is CN[C@@H](C)C(=O)N[C@H]1CCOC2CC3(CC=CC3)[C@@H](C(=O)N[C@@H]3CCOc4ccccc43)N2C1=O. The number of rotatable bonds is 5. The number of para-hydroxylation sites is 1. The molecule has 9 heteroatoms. The van der Waals surface area contributed by atoms with Crippen LogP contribution in [-0.4, -0.2) is 67.2 Å². The first kappa shape index (κ1) is 23.8. The second-order valence-electron chi connectivity index (χ2n) is 10.0. The van der Waals surface area contributed by atoms with Crippen molar-refractivity contribution in [2.24, 2.45) is 5.41 Å². The molecule has 1 spiro atoms. The zero-order chi connectivity index (χ0) is 24.6. The molecule has 1 aromatic carbocycles. The summed E-state index contributed by atoms with van der Waals surface area (Å²) in [5.74, 6) is 0.104. The lowest BCUT2D eigenvalue weighted by Gasteiger charge is -2.37. The Balaban J connectivity index is 1.42. The van der Waals surface area contributed by atoms with E-state index in [2.05, 4.69) is 28.1 Å². The summed E-state index contributed by atoms with van der Waals surface area (Å²) in [7, 11) is 1.70. The molecule has 1 aliphatic carbocycles. The number of fused-ring (bicyclic) bond motifs is 2. The third kappa shape index (κ3) is 4.31. The fourth-order valence-electron chi connectivity index (χ4n) is 5.87. The Morgan fingerprint density at radius 2 is 1.83 bits per heavy atom. The number of benzene rings is 1. The van der Waals surface area contributed by atoms with Crippen LogP contribution >= 0.6 is 0 Å². The first-order valence-electron chi connectivity index (χ1n) is 12.5. The molecule has 3 N–H and O–H groups in total. The quantitative estimate of drug-likeness (QED) is 0.548. The van der Waals surface area contributed by atoms with Gasteiger partial charge in [0.05, 0.1) is 25.3 Å². The van der Waals surface area contributed by atoms with Crippen molar-refractivity contribution in [2.75, 3.05) is 20.3 Å². The standard InChI is InChI=1S/C26H34N4O5/c1-16(27-2)23(31)29-19-10-14-35-21-15-26(11-5-6-12-26)22(30(21)25(19)33)24(32)28-18-9-13-34-20-8-4-3-7-17(18)20/h3-8,16,18-19,21-22,27H,9-15H2,1-2H3,(H,28,32)(H,29,31)/t16-,18+,19-,21?,22+/m0/s1. The Labute approximate surface area is 205 Å². The van der Waals surface area contributed by atoms with Crippen LogP contribution in [-0.2, 0) is 19.1 Å². The van der Waals surface area contributed by atoms with Crippen LogP contribution in [0.5, 0.6) is 5.75 Å². The third-order valence-electron chi connectivity index (χ3n) is 7.90. The summed E-state index contributed by atoms with van der Waals surface area (Å²) in [5, 5.41) is 9.00. The second kappa shape index (κ2) is 9.62. The van der Waals surface area contributed by atoms with Gasteiger partial charge in [-0.25, -0.2) is 0 Å². The van der Waals surface area contributed by atoms with E-state index in [4.69, 9.17) is 9.47 Å². The molecule has 2 saturated heterocycles. The van der Waals surface area contributed by atoms with Gasteiger partial charge in [-0.05, 0) is 32.9 Å². The number of nitrogens with one attached hydrogen (secondary N) is 3. The number of hydrogen-bond donors (Lipinski definition) is 3. The zero-order valence-corrected chi connectivity index (χ0v) is 20.3. The van der Waals surface area contributed by atoms with Crippen LogP contribution in [0.4, 0.5) is 0 Å². The number of allylic oxidation sites excluding steroid dienone is 2. The molecule has 5 rings (SSSR count). The van der Waals surface area contributed by atoms with Gasteiger partial charge in [-0.1, -0.05) is 30.4 Å². The van der Waals surface area contributed by atoms with Crippen molar-refractivity contribution in [3.05, 3.63) is 42.0 Å². The fraction of sp³-hybridized carbons (Fsp3) is 0.577. The van der Waals surface area contributed by atoms with Gasteiger partial charge in [0.2, 0.25) is 17.7 Å². The van der Waals surface area contributed by atoms with Crippen molar-refractivity contribution < 1.29 is 23.9 Å². The van der Waals surface area contributed by atoms with E-state index in [1.165, 1.54) is 0 Å². The predicted octanol–water partition coefficient (Wildman–Crippen LogP) is 1.40. The highest BCUT2D eigenvalue weighted by Crippen LogP contribution is 2.51. The van der Waals surface area contributed by atoms with E-state index in [1.807, 2.05) is 24.3 Å². The fourth-order valence-corrected chi connectivity index (χ4v) is 5.87. The Kier molecular flexibility index (Phi) is 6.55. The molecule has 3 aliphatic heterocycles. The largest absolute Gasteiger partial charge is 0.493 e. The molecule has 1 unspecified atom stereocenters. The maximum atomic E-state index is 14.0. The van der Waals surface area contributed by atoms with Crippen LogP contribution in [0.1, 0.15) is 50.6 Å². The van der Waals surface area contributed by atoms with Gasteiger partial charge in [0.1, 0.15) is 24.1 Å². The van der Waals surface area contributed by atoms with Crippen molar-refractivity contribution in [2.45, 2.75) is 69.4 Å². The van der Waals surface area contributed by atoms with Gasteiger partial charge in [0.15, 0.2) is 0 Å². The molecule has 1 aromatic rings. The van der Waals surface area contributed by atoms with Gasteiger partial charge in [-0.2, -0.15) is 0 Å². The number of amides is 3. The Morgan fingerprint density at radius 3 is 2.60 bits per heavy atom. The molecule has 0 aromatic heterocycles. The van der Waals surface area contributed by atoms with E-state index >= 15 is 0 Å². The van der Waals surface area contributed by atoms with Crippen LogP contribution in [0, 0.1) is 5.41 Å². The molecule has 3 heterocycles. The van der Waals surface area contributed by atoms with E-state index in [0.717, 1.165) is 11.3 Å². The monoisotopic (exact) mass is 482 g/mol. The van der Waals surface area contributed by atoms with E-state index in [9.17, 15) is 14.4 Å². The number of ether oxygens (including phenoxy) is 2. The molecule has 0 bridgehead atoms. The summed E-state index contributed by atoms with van der Waals surface area (Å²) in [6.45, 7) is 2.61. The number of likely N-dealkylation sites (N-methyl/N-ethyl adjacent to an activating group) is 1. The van der Waals surface area contributed by atoms with Gasteiger partial charge in [0, 0.05) is 30.2 Å². The molecule has 5 atom stereocenters. The number of nitrogens with zero attached hydrogens (tertiary/aromatic N) is 1. The van der Waals surface area contributed by atoms with Crippen molar-refractivity contribution in [1.29, 1.82) is 0 Å². The molecule has 4 aliphatic rings. The maximum Gasteiger partial charge on any atom is 0.247 e. The highest BCUT2D eigenvalue weighted by Gasteiger charge is 2.59. The number of hydrogen-bond acceptors (Lipinski definition) is 6. The van der Waals surface area contributed by atoms with Crippen LogP contribution in [0.2, 0.25) is 0 Å². The van der Waals surface area contributed by atoms with Crippen molar-refractivity contribution >= 4 is 17.7 Å². The number of carbonyl (C=O) groups is 3. The maximum absolute atomic E-state index is 14.0. The molecular formula is C26H34N4O5. The van der Waals surface area contributed by atoms with Crippen LogP contribution in [0.15, 0.2) is 36.4 Å². The summed E-state index contributed by atoms with van der Waals surface area (Å²) < 4.78 is 11.9. The average Bonchev–Trinajstić information content (AvgIpc) is 3.43. The van der Waals surface area contributed by atoms with Crippen LogP contribution in [0.3, 0.4) is 0 Å². The van der Waals surface area contributed by atoms with E-state index < -0.39 is 29.8 Å². The molecule has 188 valence electrons. The van der Waals surface area contributed by atoms with Crippen LogP contribution < -0.4 is 20.7 Å². The van der Waals surface area contributed by atoms with E-state index in [0.29, 0.717) is 45.3 Å². The third-order valence-corrected chi connectivity index (χ3v) is 7.90. The Morgan fingerprint density at radius 1 is 1.09 bits per heavy atom. The number of carbonyl (C=O) groups excluding carboxylic acids is 3. The Hall–Kier alpha value is -2.91. The van der Waals surface area contributed by atoms with E-state index in [1.54, 1.807) is 18.9 Å². The molecule has 0 radical (unpaired) electrons. The van der Waals surface area contributed by atoms with Gasteiger partial charge in [-0.15, -0.1) is 0 Å². The van der Waals surface area contributed by atoms with Gasteiger partial charge in [0.25, 0.3) is 0 Å². The zero-order valence-electron chi connectivity index (χ0n) is 20.3. The average molecular weight is 483 g/mol. The summed E-state index contributed by atoms with van der Waals surface area (Å²) in [4.78, 5) is 41.9. The highest BCUT2D eigenvalue weighted by molar-refractivity contribution is 5.94. The lowest BCUT2D eigenvalue weighted by Crippen LogP contribution is -2.58.